The SMILES string of the molecule is O=C(c1cc2ccccc2s1)N1CCN(S(=O)(=O)c2cccs2)CC1. The van der Waals surface area contributed by atoms with Crippen LogP contribution in [-0.2, 0) is 10.0 Å². The van der Waals surface area contributed by atoms with Gasteiger partial charge in [0.2, 0.25) is 0 Å². The van der Waals surface area contributed by atoms with Gasteiger partial charge in [0, 0.05) is 30.9 Å². The predicted molar refractivity (Wildman–Crippen MR) is 101 cm³/mol. The fourth-order valence-corrected chi connectivity index (χ4v) is 6.51. The summed E-state index contributed by atoms with van der Waals surface area (Å²) in [6.07, 6.45) is 0. The van der Waals surface area contributed by atoms with Gasteiger partial charge in [0.05, 0.1) is 4.88 Å². The normalized spacial score (nSPS) is 16.4. The average molecular weight is 393 g/mol. The number of amides is 1. The fourth-order valence-electron chi connectivity index (χ4n) is 2.91. The van der Waals surface area contributed by atoms with Gasteiger partial charge in [0.1, 0.15) is 4.21 Å². The highest BCUT2D eigenvalue weighted by Crippen LogP contribution is 2.27. The highest BCUT2D eigenvalue weighted by atomic mass is 32.2. The van der Waals surface area contributed by atoms with E-state index in [1.165, 1.54) is 27.0 Å². The molecule has 0 N–H and O–H groups in total. The highest BCUT2D eigenvalue weighted by molar-refractivity contribution is 7.91. The molecule has 5 nitrogen and oxygen atoms in total. The van der Waals surface area contributed by atoms with Crippen LogP contribution in [0.1, 0.15) is 9.67 Å². The molecule has 0 saturated carbocycles. The number of fused-ring (bicyclic) bond motifs is 1. The number of hydrogen-bond acceptors (Lipinski definition) is 5. The van der Waals surface area contributed by atoms with E-state index in [9.17, 15) is 13.2 Å². The first-order valence-corrected chi connectivity index (χ1v) is 11.0. The summed E-state index contributed by atoms with van der Waals surface area (Å²) in [6, 6.07) is 13.2. The minimum Gasteiger partial charge on any atom is -0.335 e. The number of nitrogens with zero attached hydrogens (tertiary/aromatic N) is 2. The van der Waals surface area contributed by atoms with Gasteiger partial charge in [-0.2, -0.15) is 4.31 Å². The summed E-state index contributed by atoms with van der Waals surface area (Å²) in [5.74, 6) is -0.0191. The van der Waals surface area contributed by atoms with E-state index < -0.39 is 10.0 Å². The van der Waals surface area contributed by atoms with Crippen LogP contribution in [0, 0.1) is 0 Å². The molecule has 130 valence electrons. The molecule has 2 aromatic heterocycles. The van der Waals surface area contributed by atoms with E-state index in [2.05, 4.69) is 0 Å². The summed E-state index contributed by atoms with van der Waals surface area (Å²) in [7, 11) is -3.44. The lowest BCUT2D eigenvalue weighted by Crippen LogP contribution is -2.50. The first kappa shape index (κ1) is 16.7. The van der Waals surface area contributed by atoms with Gasteiger partial charge >= 0.3 is 0 Å². The molecule has 0 bridgehead atoms. The van der Waals surface area contributed by atoms with Crippen molar-refractivity contribution in [3.63, 3.8) is 0 Å². The van der Waals surface area contributed by atoms with Crippen LogP contribution in [0.25, 0.3) is 10.1 Å². The van der Waals surface area contributed by atoms with Crippen LogP contribution in [0.5, 0.6) is 0 Å². The standard InChI is InChI=1S/C17H16N2O3S3/c20-17(15-12-13-4-1-2-5-14(13)24-15)18-7-9-19(10-8-18)25(21,22)16-6-3-11-23-16/h1-6,11-12H,7-10H2. The largest absolute Gasteiger partial charge is 0.335 e. The van der Waals surface area contributed by atoms with E-state index in [-0.39, 0.29) is 5.91 Å². The lowest BCUT2D eigenvalue weighted by Gasteiger charge is -2.33. The molecule has 1 aliphatic heterocycles. The van der Waals surface area contributed by atoms with E-state index in [0.717, 1.165) is 10.1 Å². The topological polar surface area (TPSA) is 57.7 Å². The summed E-state index contributed by atoms with van der Waals surface area (Å²) in [5, 5.41) is 2.82. The highest BCUT2D eigenvalue weighted by Gasteiger charge is 2.31. The molecule has 1 aromatic carbocycles. The maximum absolute atomic E-state index is 12.7. The second kappa shape index (κ2) is 6.53. The molecule has 1 saturated heterocycles. The third-order valence-corrected chi connectivity index (χ3v) is 8.63. The Kier molecular flexibility index (Phi) is 4.36. The van der Waals surface area contributed by atoms with Gasteiger partial charge in [-0.15, -0.1) is 22.7 Å². The summed E-state index contributed by atoms with van der Waals surface area (Å²) in [6.45, 7) is 1.49. The second-order valence-electron chi connectivity index (χ2n) is 5.78. The van der Waals surface area contributed by atoms with Gasteiger partial charge < -0.3 is 4.90 Å². The van der Waals surface area contributed by atoms with Gasteiger partial charge in [0.25, 0.3) is 15.9 Å². The van der Waals surface area contributed by atoms with Gasteiger partial charge in [-0.1, -0.05) is 24.3 Å². The van der Waals surface area contributed by atoms with Crippen molar-refractivity contribution in [1.29, 1.82) is 0 Å². The Morgan fingerprint density at radius 2 is 1.76 bits per heavy atom. The molecule has 25 heavy (non-hydrogen) atoms. The lowest BCUT2D eigenvalue weighted by atomic mass is 10.2. The molecule has 8 heteroatoms. The number of thiophene rings is 2. The maximum Gasteiger partial charge on any atom is 0.264 e. The zero-order chi connectivity index (χ0) is 17.4. The summed E-state index contributed by atoms with van der Waals surface area (Å²) >= 11 is 2.70. The van der Waals surface area contributed by atoms with E-state index in [1.807, 2.05) is 30.3 Å². The molecular weight excluding hydrogens is 376 g/mol. The lowest BCUT2D eigenvalue weighted by molar-refractivity contribution is 0.0703. The number of rotatable bonds is 3. The molecular formula is C17H16N2O3S3. The van der Waals surface area contributed by atoms with Crippen molar-refractivity contribution >= 4 is 48.7 Å². The molecule has 3 heterocycles. The van der Waals surface area contributed by atoms with Crippen molar-refractivity contribution in [2.24, 2.45) is 0 Å². The van der Waals surface area contributed by atoms with Crippen LogP contribution in [-0.4, -0.2) is 49.7 Å². The van der Waals surface area contributed by atoms with Gasteiger partial charge in [-0.25, -0.2) is 8.42 Å². The number of piperazine rings is 1. The van der Waals surface area contributed by atoms with Crippen LogP contribution in [0.2, 0.25) is 0 Å². The van der Waals surface area contributed by atoms with Crippen LogP contribution >= 0.6 is 22.7 Å². The average Bonchev–Trinajstić information content (AvgIpc) is 3.31. The fraction of sp³-hybridized carbons (Fsp3) is 0.235. The second-order valence-corrected chi connectivity index (χ2v) is 9.97. The Bertz CT molecular complexity index is 968. The Labute approximate surface area is 154 Å². The number of sulfonamides is 1. The van der Waals surface area contributed by atoms with E-state index in [4.69, 9.17) is 0 Å². The van der Waals surface area contributed by atoms with Gasteiger partial charge in [-0.3, -0.25) is 4.79 Å². The van der Waals surface area contributed by atoms with Crippen molar-refractivity contribution in [3.05, 3.63) is 52.7 Å². The zero-order valence-corrected chi connectivity index (χ0v) is 15.7. The monoisotopic (exact) mass is 392 g/mol. The molecule has 4 rings (SSSR count). The Morgan fingerprint density at radius 3 is 2.44 bits per heavy atom. The summed E-state index contributed by atoms with van der Waals surface area (Å²) in [4.78, 5) is 15.2. The molecule has 0 spiro atoms. The molecule has 3 aromatic rings. The Balaban J connectivity index is 1.47. The molecule has 1 fully saturated rings. The Hall–Kier alpha value is -1.74. The first-order chi connectivity index (χ1) is 12.1. The van der Waals surface area contributed by atoms with Crippen LogP contribution in [0.3, 0.4) is 0 Å². The summed E-state index contributed by atoms with van der Waals surface area (Å²) in [5.41, 5.74) is 0. The molecule has 0 radical (unpaired) electrons. The van der Waals surface area contributed by atoms with E-state index in [1.54, 1.807) is 22.4 Å². The smallest absolute Gasteiger partial charge is 0.264 e. The first-order valence-electron chi connectivity index (χ1n) is 7.87. The molecule has 0 atom stereocenters. The number of carbonyl (C=O) groups excluding carboxylic acids is 1. The van der Waals surface area contributed by atoms with Crippen molar-refractivity contribution in [2.45, 2.75) is 4.21 Å². The van der Waals surface area contributed by atoms with Crippen molar-refractivity contribution < 1.29 is 13.2 Å². The van der Waals surface area contributed by atoms with Crippen molar-refractivity contribution in [2.75, 3.05) is 26.2 Å². The van der Waals surface area contributed by atoms with Gasteiger partial charge in [0.15, 0.2) is 0 Å². The predicted octanol–water partition coefficient (Wildman–Crippen LogP) is 3.11. The van der Waals surface area contributed by atoms with Gasteiger partial charge in [-0.05, 0) is 29.0 Å². The third kappa shape index (κ3) is 3.10. The van der Waals surface area contributed by atoms with Crippen LogP contribution < -0.4 is 0 Å². The number of hydrogen-bond donors (Lipinski definition) is 0. The minimum absolute atomic E-state index is 0.0191. The zero-order valence-electron chi connectivity index (χ0n) is 13.3. The van der Waals surface area contributed by atoms with Crippen molar-refractivity contribution in [1.82, 2.24) is 9.21 Å². The quantitative estimate of drug-likeness (QED) is 0.688. The van der Waals surface area contributed by atoms with Crippen molar-refractivity contribution in [3.8, 4) is 0 Å². The molecule has 1 amide bonds. The van der Waals surface area contributed by atoms with E-state index >= 15 is 0 Å². The number of carbonyl (C=O) groups is 1. The molecule has 1 aliphatic rings. The van der Waals surface area contributed by atoms with Crippen LogP contribution in [0.4, 0.5) is 0 Å². The molecule has 0 unspecified atom stereocenters. The van der Waals surface area contributed by atoms with Crippen LogP contribution in [0.15, 0.2) is 52.1 Å². The number of benzene rings is 1. The minimum atomic E-state index is -3.44. The molecule has 0 aliphatic carbocycles. The summed E-state index contributed by atoms with van der Waals surface area (Å²) < 4.78 is 28.0. The van der Waals surface area contributed by atoms with E-state index in [0.29, 0.717) is 35.3 Å². The third-order valence-electron chi connectivity index (χ3n) is 4.25. The maximum atomic E-state index is 12.7. The Morgan fingerprint density at radius 1 is 1.00 bits per heavy atom.